The summed E-state index contributed by atoms with van der Waals surface area (Å²) in [5.74, 6) is -0.194. The molecule has 0 atom stereocenters. The van der Waals surface area contributed by atoms with Crippen molar-refractivity contribution >= 4 is 46.1 Å². The molecule has 2 aromatic rings. The van der Waals surface area contributed by atoms with Crippen molar-refractivity contribution in [3.05, 3.63) is 44.3 Å². The quantitative estimate of drug-likeness (QED) is 0.842. The van der Waals surface area contributed by atoms with Crippen LogP contribution in [0.3, 0.4) is 0 Å². The van der Waals surface area contributed by atoms with E-state index >= 15 is 0 Å². The zero-order valence-corrected chi connectivity index (χ0v) is 13.6. The Kier molecular flexibility index (Phi) is 5.99. The second-order valence-corrected chi connectivity index (χ2v) is 6.20. The van der Waals surface area contributed by atoms with Crippen LogP contribution in [0, 0.1) is 0 Å². The van der Waals surface area contributed by atoms with Gasteiger partial charge in [-0.2, -0.15) is 0 Å². The van der Waals surface area contributed by atoms with Gasteiger partial charge in [0.2, 0.25) is 5.91 Å². The van der Waals surface area contributed by atoms with Gasteiger partial charge in [0.1, 0.15) is 0 Å². The number of anilines is 1. The molecule has 112 valence electrons. The largest absolute Gasteiger partial charge is 0.330 e. The molecule has 0 aliphatic heterocycles. The first-order valence-electron chi connectivity index (χ1n) is 6.47. The average Bonchev–Trinajstić information content (AvgIpc) is 2.88. The molecule has 4 nitrogen and oxygen atoms in total. The van der Waals surface area contributed by atoms with Gasteiger partial charge >= 0.3 is 0 Å². The molecule has 0 saturated heterocycles. The van der Waals surface area contributed by atoms with E-state index in [0.717, 1.165) is 23.5 Å². The number of carbonyl (C=O) groups is 1. The number of carbonyl (C=O) groups excluding carboxylic acids is 1. The van der Waals surface area contributed by atoms with E-state index in [1.54, 1.807) is 29.5 Å². The molecule has 0 aliphatic carbocycles. The first-order valence-corrected chi connectivity index (χ1v) is 8.11. The minimum Gasteiger partial charge on any atom is -0.330 e. The van der Waals surface area contributed by atoms with Gasteiger partial charge in [0.25, 0.3) is 0 Å². The number of hydrogen-bond donors (Lipinski definition) is 2. The van der Waals surface area contributed by atoms with Crippen LogP contribution >= 0.6 is 34.5 Å². The highest BCUT2D eigenvalue weighted by atomic mass is 35.5. The zero-order valence-electron chi connectivity index (χ0n) is 11.2. The van der Waals surface area contributed by atoms with Crippen LogP contribution in [0.4, 0.5) is 5.69 Å². The van der Waals surface area contributed by atoms with E-state index in [1.165, 1.54) is 0 Å². The molecule has 1 amide bonds. The Morgan fingerprint density at radius 3 is 2.71 bits per heavy atom. The molecule has 1 heterocycles. The summed E-state index contributed by atoms with van der Waals surface area (Å²) >= 11 is 13.6. The predicted octanol–water partition coefficient (Wildman–Crippen LogP) is 3.52. The fourth-order valence-corrected chi connectivity index (χ4v) is 3.10. The molecule has 0 spiro atoms. The van der Waals surface area contributed by atoms with Crippen LogP contribution in [0.1, 0.15) is 17.1 Å². The Balaban J connectivity index is 1.97. The maximum absolute atomic E-state index is 12.0. The Labute approximate surface area is 137 Å². The Hall–Kier alpha value is -1.14. The topological polar surface area (TPSA) is 68.0 Å². The fraction of sp³-hybridized carbons (Fsp3) is 0.286. The lowest BCUT2D eigenvalue weighted by Crippen LogP contribution is -2.15. The van der Waals surface area contributed by atoms with E-state index in [9.17, 15) is 4.79 Å². The fourth-order valence-electron chi connectivity index (χ4n) is 1.76. The molecule has 0 fully saturated rings. The SMILES string of the molecule is NCCCc1nc(CC(=O)Nc2c(Cl)cccc2Cl)cs1. The predicted molar refractivity (Wildman–Crippen MR) is 88.3 cm³/mol. The van der Waals surface area contributed by atoms with Crippen molar-refractivity contribution in [3.8, 4) is 0 Å². The van der Waals surface area contributed by atoms with Crippen LogP contribution in [0.25, 0.3) is 0 Å². The number of hydrogen-bond acceptors (Lipinski definition) is 4. The van der Waals surface area contributed by atoms with Gasteiger partial charge in [0, 0.05) is 11.8 Å². The molecule has 0 saturated carbocycles. The van der Waals surface area contributed by atoms with Gasteiger partial charge in [0.05, 0.1) is 32.9 Å². The normalized spacial score (nSPS) is 10.6. The number of amides is 1. The van der Waals surface area contributed by atoms with Crippen LogP contribution in [-0.4, -0.2) is 17.4 Å². The van der Waals surface area contributed by atoms with E-state index in [-0.39, 0.29) is 12.3 Å². The highest BCUT2D eigenvalue weighted by Gasteiger charge is 2.12. The minimum atomic E-state index is -0.194. The third-order valence-electron chi connectivity index (χ3n) is 2.76. The molecule has 1 aromatic heterocycles. The van der Waals surface area contributed by atoms with Gasteiger partial charge in [0.15, 0.2) is 0 Å². The van der Waals surface area contributed by atoms with Crippen molar-refractivity contribution < 1.29 is 4.79 Å². The van der Waals surface area contributed by atoms with Crippen molar-refractivity contribution in [2.75, 3.05) is 11.9 Å². The van der Waals surface area contributed by atoms with Crippen molar-refractivity contribution in [3.63, 3.8) is 0 Å². The highest BCUT2D eigenvalue weighted by molar-refractivity contribution is 7.09. The third kappa shape index (κ3) is 4.68. The van der Waals surface area contributed by atoms with E-state index in [4.69, 9.17) is 28.9 Å². The Bertz CT molecular complexity index is 610. The molecule has 2 rings (SSSR count). The molecule has 0 unspecified atom stereocenters. The number of benzene rings is 1. The molecule has 0 radical (unpaired) electrons. The summed E-state index contributed by atoms with van der Waals surface area (Å²) in [5, 5.41) is 6.44. The summed E-state index contributed by atoms with van der Waals surface area (Å²) in [6.45, 7) is 0.639. The van der Waals surface area contributed by atoms with E-state index in [2.05, 4.69) is 10.3 Å². The summed E-state index contributed by atoms with van der Waals surface area (Å²) in [6, 6.07) is 5.08. The maximum atomic E-state index is 12.0. The lowest BCUT2D eigenvalue weighted by molar-refractivity contribution is -0.115. The molecule has 0 aliphatic rings. The first-order chi connectivity index (χ1) is 10.1. The lowest BCUT2D eigenvalue weighted by Gasteiger charge is -2.08. The highest BCUT2D eigenvalue weighted by Crippen LogP contribution is 2.29. The van der Waals surface area contributed by atoms with Crippen molar-refractivity contribution in [2.45, 2.75) is 19.3 Å². The number of halogens is 2. The average molecular weight is 344 g/mol. The van der Waals surface area contributed by atoms with Gasteiger partial charge in [-0.05, 0) is 25.1 Å². The Morgan fingerprint density at radius 1 is 1.33 bits per heavy atom. The zero-order chi connectivity index (χ0) is 15.2. The Morgan fingerprint density at radius 2 is 2.05 bits per heavy atom. The van der Waals surface area contributed by atoms with E-state index < -0.39 is 0 Å². The number of aryl methyl sites for hydroxylation is 1. The first kappa shape index (κ1) is 16.2. The number of nitrogens with zero attached hydrogens (tertiary/aromatic N) is 1. The van der Waals surface area contributed by atoms with Gasteiger partial charge in [-0.1, -0.05) is 29.3 Å². The number of thiazole rings is 1. The third-order valence-corrected chi connectivity index (χ3v) is 4.35. The second-order valence-electron chi connectivity index (χ2n) is 4.45. The number of rotatable bonds is 6. The van der Waals surface area contributed by atoms with E-state index in [0.29, 0.717) is 22.3 Å². The van der Waals surface area contributed by atoms with Crippen LogP contribution < -0.4 is 11.1 Å². The monoisotopic (exact) mass is 343 g/mol. The van der Waals surface area contributed by atoms with E-state index in [1.807, 2.05) is 5.38 Å². The molecular formula is C14H15Cl2N3OS. The standard InChI is InChI=1S/C14H15Cl2N3OS/c15-10-3-1-4-11(16)14(10)19-12(20)7-9-8-21-13(18-9)5-2-6-17/h1,3-4,8H,2,5-7,17H2,(H,19,20). The van der Waals surface area contributed by atoms with Crippen LogP contribution in [0.5, 0.6) is 0 Å². The minimum absolute atomic E-state index is 0.194. The smallest absolute Gasteiger partial charge is 0.230 e. The molecule has 3 N–H and O–H groups in total. The van der Waals surface area contributed by atoms with Crippen molar-refractivity contribution in [1.29, 1.82) is 0 Å². The summed E-state index contributed by atoms with van der Waals surface area (Å²) < 4.78 is 0. The molecular weight excluding hydrogens is 329 g/mol. The molecule has 1 aromatic carbocycles. The molecule has 21 heavy (non-hydrogen) atoms. The number of nitrogens with two attached hydrogens (primary N) is 1. The summed E-state index contributed by atoms with van der Waals surface area (Å²) in [5.41, 5.74) is 6.64. The lowest BCUT2D eigenvalue weighted by atomic mass is 10.2. The number of aromatic nitrogens is 1. The molecule has 7 heteroatoms. The second kappa shape index (κ2) is 7.75. The van der Waals surface area contributed by atoms with Gasteiger partial charge in [-0.25, -0.2) is 4.98 Å². The summed E-state index contributed by atoms with van der Waals surface area (Å²) in [6.07, 6.45) is 1.94. The van der Waals surface area contributed by atoms with Crippen LogP contribution in [0.15, 0.2) is 23.6 Å². The maximum Gasteiger partial charge on any atom is 0.230 e. The van der Waals surface area contributed by atoms with Gasteiger partial charge in [-0.15, -0.1) is 11.3 Å². The van der Waals surface area contributed by atoms with Gasteiger partial charge in [-0.3, -0.25) is 4.79 Å². The van der Waals surface area contributed by atoms with Crippen LogP contribution in [0.2, 0.25) is 10.0 Å². The number of para-hydroxylation sites is 1. The number of nitrogens with one attached hydrogen (secondary N) is 1. The van der Waals surface area contributed by atoms with Crippen molar-refractivity contribution in [2.24, 2.45) is 5.73 Å². The van der Waals surface area contributed by atoms with Crippen LogP contribution in [-0.2, 0) is 17.6 Å². The van der Waals surface area contributed by atoms with Crippen molar-refractivity contribution in [1.82, 2.24) is 4.98 Å². The summed E-state index contributed by atoms with van der Waals surface area (Å²) in [7, 11) is 0. The van der Waals surface area contributed by atoms with Gasteiger partial charge < -0.3 is 11.1 Å². The molecule has 0 bridgehead atoms. The summed E-state index contributed by atoms with van der Waals surface area (Å²) in [4.78, 5) is 16.4.